The first-order chi connectivity index (χ1) is 9.22. The van der Waals surface area contributed by atoms with E-state index < -0.39 is 0 Å². The fraction of sp³-hybridized carbons (Fsp3) is 0.571. The molecule has 19 heavy (non-hydrogen) atoms. The maximum absolute atomic E-state index is 13.5. The van der Waals surface area contributed by atoms with Gasteiger partial charge in [-0.3, -0.25) is 0 Å². The zero-order valence-electron chi connectivity index (χ0n) is 11.0. The summed E-state index contributed by atoms with van der Waals surface area (Å²) in [6.07, 6.45) is 0.927. The molecule has 1 saturated heterocycles. The smallest absolute Gasteiger partial charge is 0.142 e. The van der Waals surface area contributed by atoms with Gasteiger partial charge in [0.15, 0.2) is 0 Å². The lowest BCUT2D eigenvalue weighted by molar-refractivity contribution is 0.0896. The summed E-state index contributed by atoms with van der Waals surface area (Å²) in [5, 5.41) is 3.48. The van der Waals surface area contributed by atoms with Gasteiger partial charge < -0.3 is 14.8 Å². The second-order valence-corrected chi connectivity index (χ2v) is 5.12. The van der Waals surface area contributed by atoms with E-state index in [-0.39, 0.29) is 16.9 Å². The highest BCUT2D eigenvalue weighted by Crippen LogP contribution is 2.35. The van der Waals surface area contributed by atoms with Crippen LogP contribution in [-0.2, 0) is 9.47 Å². The van der Waals surface area contributed by atoms with Crippen molar-refractivity contribution in [3.8, 4) is 0 Å². The Bertz CT molecular complexity index is 416. The predicted octanol–water partition coefficient (Wildman–Crippen LogP) is 2.79. The predicted molar refractivity (Wildman–Crippen MR) is 73.0 cm³/mol. The van der Waals surface area contributed by atoms with E-state index in [0.29, 0.717) is 19.1 Å². The molecule has 106 valence electrons. The molecule has 3 nitrogen and oxygen atoms in total. The van der Waals surface area contributed by atoms with Crippen LogP contribution in [0.5, 0.6) is 0 Å². The Kier molecular flexibility index (Phi) is 5.58. The maximum atomic E-state index is 13.5. The van der Waals surface area contributed by atoms with Gasteiger partial charge in [0, 0.05) is 32.7 Å². The van der Waals surface area contributed by atoms with E-state index >= 15 is 0 Å². The fourth-order valence-corrected chi connectivity index (χ4v) is 2.48. The number of hydrogen-bond acceptors (Lipinski definition) is 3. The molecule has 1 aliphatic heterocycles. The number of methoxy groups -OCH3 is 1. The van der Waals surface area contributed by atoms with Gasteiger partial charge in [-0.25, -0.2) is 4.39 Å². The largest absolute Gasteiger partial charge is 0.383 e. The van der Waals surface area contributed by atoms with E-state index in [4.69, 9.17) is 21.1 Å². The van der Waals surface area contributed by atoms with E-state index in [9.17, 15) is 4.39 Å². The van der Waals surface area contributed by atoms with Gasteiger partial charge in [0.2, 0.25) is 0 Å². The summed E-state index contributed by atoms with van der Waals surface area (Å²) in [7, 11) is 1.68. The van der Waals surface area contributed by atoms with Crippen LogP contribution < -0.4 is 5.32 Å². The molecule has 1 aromatic carbocycles. The van der Waals surface area contributed by atoms with E-state index in [1.807, 2.05) is 6.07 Å². The van der Waals surface area contributed by atoms with Gasteiger partial charge in [0.05, 0.1) is 17.7 Å². The highest BCUT2D eigenvalue weighted by Gasteiger charge is 2.29. The quantitative estimate of drug-likeness (QED) is 0.816. The number of hydrogen-bond donors (Lipinski definition) is 1. The van der Waals surface area contributed by atoms with Crippen molar-refractivity contribution in [3.63, 3.8) is 0 Å². The van der Waals surface area contributed by atoms with Gasteiger partial charge in [0.1, 0.15) is 5.82 Å². The first kappa shape index (κ1) is 14.7. The lowest BCUT2D eigenvalue weighted by Gasteiger charge is -2.19. The summed E-state index contributed by atoms with van der Waals surface area (Å²) in [5.41, 5.74) is 0.859. The number of ether oxygens (including phenoxy) is 2. The molecule has 0 aromatic heterocycles. The van der Waals surface area contributed by atoms with Crippen molar-refractivity contribution < 1.29 is 13.9 Å². The lowest BCUT2D eigenvalue weighted by atomic mass is 9.95. The zero-order valence-corrected chi connectivity index (χ0v) is 11.8. The van der Waals surface area contributed by atoms with Crippen LogP contribution in [0, 0.1) is 11.7 Å². The van der Waals surface area contributed by atoms with Crippen LogP contribution in [0.3, 0.4) is 0 Å². The molecule has 1 fully saturated rings. The van der Waals surface area contributed by atoms with Crippen LogP contribution >= 0.6 is 11.6 Å². The van der Waals surface area contributed by atoms with Crippen LogP contribution in [0.2, 0.25) is 5.02 Å². The summed E-state index contributed by atoms with van der Waals surface area (Å²) >= 11 is 5.70. The molecule has 0 bridgehead atoms. The molecule has 1 aliphatic rings. The highest BCUT2D eigenvalue weighted by atomic mass is 35.5. The Morgan fingerprint density at radius 1 is 1.53 bits per heavy atom. The fourth-order valence-electron chi connectivity index (χ4n) is 2.36. The average Bonchev–Trinajstić information content (AvgIpc) is 2.86. The van der Waals surface area contributed by atoms with Gasteiger partial charge in [-0.05, 0) is 24.1 Å². The van der Waals surface area contributed by atoms with Gasteiger partial charge >= 0.3 is 0 Å². The molecule has 2 unspecified atom stereocenters. The number of benzene rings is 1. The molecule has 0 spiro atoms. The average molecular weight is 288 g/mol. The summed E-state index contributed by atoms with van der Waals surface area (Å²) in [4.78, 5) is 0. The molecular weight excluding hydrogens is 269 g/mol. The van der Waals surface area contributed by atoms with E-state index in [2.05, 4.69) is 5.32 Å². The van der Waals surface area contributed by atoms with Gasteiger partial charge in [-0.2, -0.15) is 0 Å². The number of nitrogens with one attached hydrogen (secondary N) is 1. The van der Waals surface area contributed by atoms with Gasteiger partial charge in [-0.15, -0.1) is 0 Å². The van der Waals surface area contributed by atoms with E-state index in [1.165, 1.54) is 6.07 Å². The normalized spacial score (nSPS) is 22.9. The monoisotopic (exact) mass is 287 g/mol. The third-order valence-electron chi connectivity index (χ3n) is 3.38. The molecular formula is C14H19ClFNO2. The van der Waals surface area contributed by atoms with Crippen molar-refractivity contribution >= 4 is 11.6 Å². The summed E-state index contributed by atoms with van der Waals surface area (Å²) < 4.78 is 24.2. The van der Waals surface area contributed by atoms with Crippen LogP contribution in [-0.4, -0.2) is 33.4 Å². The van der Waals surface area contributed by atoms with Crippen molar-refractivity contribution in [1.82, 2.24) is 5.32 Å². The standard InChI is InChI=1S/C14H19ClFNO2/c1-18-7-5-17-9-11-4-6-19-14(11)10-2-3-12(15)13(16)8-10/h2-3,8,11,14,17H,4-7,9H2,1H3. The molecule has 1 aromatic rings. The first-order valence-electron chi connectivity index (χ1n) is 6.48. The van der Waals surface area contributed by atoms with Crippen molar-refractivity contribution in [3.05, 3.63) is 34.6 Å². The third-order valence-corrected chi connectivity index (χ3v) is 3.68. The van der Waals surface area contributed by atoms with Crippen LogP contribution in [0.15, 0.2) is 18.2 Å². The molecule has 0 radical (unpaired) electrons. The van der Waals surface area contributed by atoms with Crippen LogP contribution in [0.1, 0.15) is 18.1 Å². The minimum absolute atomic E-state index is 0.0539. The Morgan fingerprint density at radius 3 is 3.11 bits per heavy atom. The maximum Gasteiger partial charge on any atom is 0.142 e. The summed E-state index contributed by atoms with van der Waals surface area (Å²) in [6, 6.07) is 4.90. The van der Waals surface area contributed by atoms with Crippen molar-refractivity contribution in [2.75, 3.05) is 33.4 Å². The second kappa shape index (κ2) is 7.20. The number of rotatable bonds is 6. The van der Waals surface area contributed by atoms with Crippen molar-refractivity contribution in [2.45, 2.75) is 12.5 Å². The molecule has 0 saturated carbocycles. The third kappa shape index (κ3) is 3.89. The second-order valence-electron chi connectivity index (χ2n) is 4.71. The Hall–Kier alpha value is -0.680. The Morgan fingerprint density at radius 2 is 2.37 bits per heavy atom. The summed E-state index contributed by atoms with van der Waals surface area (Å²) in [5.74, 6) is -0.0295. The number of halogens is 2. The zero-order chi connectivity index (χ0) is 13.7. The van der Waals surface area contributed by atoms with Gasteiger partial charge in [0.25, 0.3) is 0 Å². The van der Waals surface area contributed by atoms with E-state index in [1.54, 1.807) is 13.2 Å². The molecule has 2 rings (SSSR count). The molecule has 5 heteroatoms. The lowest BCUT2D eigenvalue weighted by Crippen LogP contribution is -2.27. The molecule has 0 amide bonds. The minimum Gasteiger partial charge on any atom is -0.383 e. The molecule has 0 aliphatic carbocycles. The van der Waals surface area contributed by atoms with Crippen LogP contribution in [0.25, 0.3) is 0 Å². The van der Waals surface area contributed by atoms with Crippen molar-refractivity contribution in [1.29, 1.82) is 0 Å². The molecule has 1 N–H and O–H groups in total. The first-order valence-corrected chi connectivity index (χ1v) is 6.86. The Balaban J connectivity index is 1.95. The SMILES string of the molecule is COCCNCC1CCOC1c1ccc(Cl)c(F)c1. The molecule has 2 atom stereocenters. The highest BCUT2D eigenvalue weighted by molar-refractivity contribution is 6.30. The summed E-state index contributed by atoms with van der Waals surface area (Å²) in [6.45, 7) is 3.06. The Labute approximate surface area is 118 Å². The van der Waals surface area contributed by atoms with Crippen molar-refractivity contribution in [2.24, 2.45) is 5.92 Å². The topological polar surface area (TPSA) is 30.5 Å². The van der Waals surface area contributed by atoms with Crippen LogP contribution in [0.4, 0.5) is 4.39 Å². The van der Waals surface area contributed by atoms with Gasteiger partial charge in [-0.1, -0.05) is 17.7 Å². The molecule has 1 heterocycles. The van der Waals surface area contributed by atoms with E-state index in [0.717, 1.165) is 25.1 Å². The minimum atomic E-state index is -0.388.